The minimum Gasteiger partial charge on any atom is -0.378 e. The third-order valence-electron chi connectivity index (χ3n) is 2.62. The summed E-state index contributed by atoms with van der Waals surface area (Å²) < 4.78 is 22.5. The van der Waals surface area contributed by atoms with E-state index < -0.39 is 13.7 Å². The lowest BCUT2D eigenvalue weighted by Gasteiger charge is -2.37. The van der Waals surface area contributed by atoms with Gasteiger partial charge in [0, 0.05) is 20.1 Å². The molecule has 0 aliphatic carbocycles. The number of amides is 1. The summed E-state index contributed by atoms with van der Waals surface area (Å²) in [5, 5.41) is 0. The fourth-order valence-corrected chi connectivity index (χ4v) is 4.17. The van der Waals surface area contributed by atoms with E-state index >= 15 is 0 Å². The summed E-state index contributed by atoms with van der Waals surface area (Å²) in [4.78, 5) is 12.7. The molecule has 0 N–H and O–H groups in total. The monoisotopic (exact) mass is 392 g/mol. The molecule has 0 aliphatic rings. The van der Waals surface area contributed by atoms with Crippen molar-refractivity contribution in [2.24, 2.45) is 0 Å². The molecule has 7 nitrogen and oxygen atoms in total. The highest BCUT2D eigenvalue weighted by Gasteiger charge is 2.33. The normalized spacial score (nSPS) is 12.3. The Bertz CT molecular complexity index is 315. The van der Waals surface area contributed by atoms with E-state index in [4.69, 9.17) is 0 Å². The van der Waals surface area contributed by atoms with Crippen LogP contribution in [0.3, 0.4) is 0 Å². The molecule has 0 atom stereocenters. The molecule has 0 aromatic heterocycles. The maximum atomic E-state index is 12.8. The van der Waals surface area contributed by atoms with E-state index in [1.54, 1.807) is 79.3 Å². The lowest BCUT2D eigenvalue weighted by molar-refractivity contribution is 0.175. The Morgan fingerprint density at radius 2 is 1.50 bits per heavy atom. The lowest BCUT2D eigenvalue weighted by atomic mass is 10.6. The first-order chi connectivity index (χ1) is 8.17. The van der Waals surface area contributed by atoms with Gasteiger partial charge in [-0.25, -0.2) is 18.8 Å². The number of nitrogens with zero attached hydrogens (tertiary/aromatic N) is 4. The van der Waals surface area contributed by atoms with Crippen molar-refractivity contribution in [3.63, 3.8) is 0 Å². The van der Waals surface area contributed by atoms with Crippen molar-refractivity contribution < 1.29 is 12.4 Å². The number of carbonyl (C=O) groups excluding carboxylic acids is 1. The van der Waals surface area contributed by atoms with E-state index in [1.807, 2.05) is 0 Å². The van der Waals surface area contributed by atoms with Crippen LogP contribution in [0.2, 0.25) is 0 Å². The Balaban J connectivity index is 4.61. The van der Waals surface area contributed by atoms with Crippen molar-refractivity contribution in [1.29, 1.82) is 0 Å². The molecule has 0 bridgehead atoms. The fraction of sp³-hybridized carbons (Fsp3) is 0.889. The molecule has 0 spiro atoms. The summed E-state index contributed by atoms with van der Waals surface area (Å²) in [7, 11) is 7.81. The molecule has 9 heteroatoms. The molecule has 0 fully saturated rings. The second-order valence-electron chi connectivity index (χ2n) is 4.35. The first kappa shape index (κ1) is 18.1. The van der Waals surface area contributed by atoms with Crippen LogP contribution in [0.15, 0.2) is 0 Å². The molecule has 108 valence electrons. The topological polar surface area (TPSA) is 56.3 Å². The summed E-state index contributed by atoms with van der Waals surface area (Å²) in [6.45, 7) is 0.944. The summed E-state index contributed by atoms with van der Waals surface area (Å²) in [5.74, 6) is 0. The van der Waals surface area contributed by atoms with Crippen LogP contribution in [0.25, 0.3) is 0 Å². The molecule has 0 saturated carbocycles. The van der Waals surface area contributed by atoms with Crippen molar-refractivity contribution in [2.45, 2.75) is 0 Å². The first-order valence-electron chi connectivity index (χ1n) is 5.38. The molecule has 0 aromatic rings. The van der Waals surface area contributed by atoms with Crippen LogP contribution in [-0.4, -0.2) is 80.4 Å². The van der Waals surface area contributed by atoms with Crippen LogP contribution >= 0.6 is 30.6 Å². The lowest BCUT2D eigenvalue weighted by Crippen LogP contribution is -2.38. The van der Waals surface area contributed by atoms with Gasteiger partial charge >= 0.3 is 6.09 Å². The largest absolute Gasteiger partial charge is 0.419 e. The molecule has 0 radical (unpaired) electrons. The SMILES string of the molecule is CN(CCN(C)P(=O)(N(C)C)N(C)C)C(=O)OI. The van der Waals surface area contributed by atoms with Gasteiger partial charge in [0.05, 0.1) is 0 Å². The number of hydrogen-bond donors (Lipinski definition) is 0. The standard InChI is InChI=1S/C9H22IN4O3P/c1-11(2)18(16,12(3)4)14(6)8-7-13(5)9(15)17-10/h7-8H2,1-6H3. The minimum atomic E-state index is -2.73. The zero-order valence-corrected chi connectivity index (χ0v) is 14.8. The molecule has 0 saturated heterocycles. The van der Waals surface area contributed by atoms with Crippen molar-refractivity contribution in [1.82, 2.24) is 18.9 Å². The van der Waals surface area contributed by atoms with Gasteiger partial charge in [0.2, 0.25) is 0 Å². The van der Waals surface area contributed by atoms with Gasteiger partial charge < -0.3 is 7.97 Å². The van der Waals surface area contributed by atoms with Gasteiger partial charge in [-0.1, -0.05) is 0 Å². The Morgan fingerprint density at radius 1 is 1.06 bits per heavy atom. The smallest absolute Gasteiger partial charge is 0.378 e. The molecular weight excluding hydrogens is 370 g/mol. The van der Waals surface area contributed by atoms with Crippen molar-refractivity contribution in [3.8, 4) is 0 Å². The fourth-order valence-electron chi connectivity index (χ4n) is 1.54. The Kier molecular flexibility index (Phi) is 7.69. The maximum Gasteiger partial charge on any atom is 0.419 e. The van der Waals surface area contributed by atoms with Gasteiger partial charge in [-0.2, -0.15) is 0 Å². The predicted octanol–water partition coefficient (Wildman–Crippen LogP) is 1.57. The molecule has 18 heavy (non-hydrogen) atoms. The average Bonchev–Trinajstić information content (AvgIpc) is 2.32. The van der Waals surface area contributed by atoms with Gasteiger partial charge in [0.1, 0.15) is 0 Å². The average molecular weight is 392 g/mol. The molecular formula is C9H22IN4O3P. The van der Waals surface area contributed by atoms with E-state index in [0.717, 1.165) is 0 Å². The van der Waals surface area contributed by atoms with Crippen LogP contribution in [0.1, 0.15) is 0 Å². The van der Waals surface area contributed by atoms with Crippen LogP contribution in [0.4, 0.5) is 4.79 Å². The highest BCUT2D eigenvalue weighted by atomic mass is 127. The van der Waals surface area contributed by atoms with Crippen molar-refractivity contribution in [3.05, 3.63) is 0 Å². The first-order valence-corrected chi connectivity index (χ1v) is 7.83. The van der Waals surface area contributed by atoms with Gasteiger partial charge in [-0.3, -0.25) is 4.57 Å². The van der Waals surface area contributed by atoms with E-state index in [9.17, 15) is 9.36 Å². The summed E-state index contributed by atoms with van der Waals surface area (Å²) in [6, 6.07) is 0. The number of rotatable bonds is 6. The maximum absolute atomic E-state index is 12.8. The van der Waals surface area contributed by atoms with Gasteiger partial charge in [0.15, 0.2) is 23.0 Å². The molecule has 1 amide bonds. The second kappa shape index (κ2) is 7.64. The van der Waals surface area contributed by atoms with Crippen LogP contribution in [0, 0.1) is 0 Å². The zero-order valence-electron chi connectivity index (χ0n) is 11.8. The number of halogens is 1. The number of likely N-dealkylation sites (N-methyl/N-ethyl adjacent to an activating group) is 2. The number of carbonyl (C=O) groups is 1. The van der Waals surface area contributed by atoms with Crippen molar-refractivity contribution in [2.75, 3.05) is 55.4 Å². The van der Waals surface area contributed by atoms with Gasteiger partial charge in [0.25, 0.3) is 7.59 Å². The van der Waals surface area contributed by atoms with E-state index in [1.165, 1.54) is 4.90 Å². The molecule has 0 unspecified atom stereocenters. The van der Waals surface area contributed by atoms with Gasteiger partial charge in [-0.05, 0) is 35.2 Å². The van der Waals surface area contributed by atoms with Gasteiger partial charge in [-0.15, -0.1) is 0 Å². The third-order valence-corrected chi connectivity index (χ3v) is 6.17. The molecule has 0 heterocycles. The highest BCUT2D eigenvalue weighted by Crippen LogP contribution is 2.51. The molecule has 0 aliphatic heterocycles. The van der Waals surface area contributed by atoms with Crippen molar-refractivity contribution >= 4 is 36.7 Å². The predicted molar refractivity (Wildman–Crippen MR) is 80.7 cm³/mol. The summed E-state index contributed by atoms with van der Waals surface area (Å²) in [6.07, 6.45) is -0.409. The quantitative estimate of drug-likeness (QED) is 0.506. The van der Waals surface area contributed by atoms with Crippen LogP contribution < -0.4 is 0 Å². The van der Waals surface area contributed by atoms with E-state index in [0.29, 0.717) is 13.1 Å². The Hall–Kier alpha value is 0.110. The summed E-state index contributed by atoms with van der Waals surface area (Å²) >= 11 is 1.55. The Morgan fingerprint density at radius 3 is 1.83 bits per heavy atom. The zero-order chi connectivity index (χ0) is 14.5. The second-order valence-corrected chi connectivity index (χ2v) is 8.10. The highest BCUT2D eigenvalue weighted by molar-refractivity contribution is 14.1. The molecule has 0 aromatic carbocycles. The van der Waals surface area contributed by atoms with E-state index in [2.05, 4.69) is 3.07 Å². The Labute approximate surface area is 123 Å². The van der Waals surface area contributed by atoms with Crippen LogP contribution in [-0.2, 0) is 7.63 Å². The summed E-state index contributed by atoms with van der Waals surface area (Å²) in [5.41, 5.74) is 0. The minimum absolute atomic E-state index is 0.409. The van der Waals surface area contributed by atoms with E-state index in [-0.39, 0.29) is 0 Å². The van der Waals surface area contributed by atoms with Crippen LogP contribution in [0.5, 0.6) is 0 Å². The molecule has 0 rings (SSSR count). The number of hydrogen-bond acceptors (Lipinski definition) is 3. The third kappa shape index (κ3) is 4.34.